The van der Waals surface area contributed by atoms with Gasteiger partial charge in [0.15, 0.2) is 8.32 Å². The van der Waals surface area contributed by atoms with Crippen LogP contribution < -0.4 is 0 Å². The van der Waals surface area contributed by atoms with E-state index in [4.69, 9.17) is 4.12 Å². The molecule has 0 saturated heterocycles. The van der Waals surface area contributed by atoms with E-state index in [0.717, 1.165) is 10.5 Å². The second kappa shape index (κ2) is 9.37. The van der Waals surface area contributed by atoms with Gasteiger partial charge in [-0.05, 0) is 32.0 Å². The first-order valence-corrected chi connectivity index (χ1v) is 10.2. The summed E-state index contributed by atoms with van der Waals surface area (Å²) in [5.41, 5.74) is 0. The molecule has 0 aromatic rings. The molecule has 0 aliphatic carbocycles. The van der Waals surface area contributed by atoms with E-state index in [1.54, 1.807) is 0 Å². The van der Waals surface area contributed by atoms with Crippen molar-refractivity contribution in [1.82, 2.24) is 0 Å². The van der Waals surface area contributed by atoms with Crippen LogP contribution in [-0.4, -0.2) is 18.8 Å². The van der Waals surface area contributed by atoms with Gasteiger partial charge >= 0.3 is 0 Å². The Morgan fingerprint density at radius 2 is 1.60 bits per heavy atom. The summed E-state index contributed by atoms with van der Waals surface area (Å²) < 4.78 is 5.66. The molecule has 15 heavy (non-hydrogen) atoms. The summed E-state index contributed by atoms with van der Waals surface area (Å²) in [6, 6.07) is 1.35. The summed E-state index contributed by atoms with van der Waals surface area (Å²) in [5, 5.41) is 0. The van der Waals surface area contributed by atoms with Gasteiger partial charge < -0.3 is 4.12 Å². The van der Waals surface area contributed by atoms with Crippen LogP contribution in [0.3, 0.4) is 0 Å². The molecule has 0 unspecified atom stereocenters. The third-order valence-electron chi connectivity index (χ3n) is 2.99. The topological polar surface area (TPSA) is 9.23 Å². The summed E-state index contributed by atoms with van der Waals surface area (Å²) in [6.45, 7) is 8.41. The molecule has 0 saturated carbocycles. The number of hydrogen-bond donors (Lipinski definition) is 0. The predicted molar refractivity (Wildman–Crippen MR) is 75.8 cm³/mol. The molecule has 1 nitrogen and oxygen atoms in total. The Bertz CT molecular complexity index is 158. The number of hydrogen-bond acceptors (Lipinski definition) is 1. The average Bonchev–Trinajstić information content (AvgIpc) is 2.22. The Morgan fingerprint density at radius 3 is 2.13 bits per heavy atom. The monoisotopic (exact) mass is 244 g/mol. The van der Waals surface area contributed by atoms with Crippen LogP contribution in [0.15, 0.2) is 12.7 Å². The van der Waals surface area contributed by atoms with E-state index in [2.05, 4.69) is 19.7 Å². The quantitative estimate of drug-likeness (QED) is 0.325. The maximum atomic E-state index is 5.66. The van der Waals surface area contributed by atoms with Gasteiger partial charge in [-0.3, -0.25) is 0 Å². The molecular weight excluding hydrogens is 216 g/mol. The Morgan fingerprint density at radius 1 is 1.07 bits per heavy atom. The zero-order valence-electron chi connectivity index (χ0n) is 10.8. The highest BCUT2D eigenvalue weighted by Gasteiger charge is 2.18. The summed E-state index contributed by atoms with van der Waals surface area (Å²) in [6.07, 6.45) is 11.5. The lowest BCUT2D eigenvalue weighted by atomic mass is 10.1. The van der Waals surface area contributed by atoms with Crippen molar-refractivity contribution in [3.8, 4) is 0 Å². The number of rotatable bonds is 10. The van der Waals surface area contributed by atoms with Crippen LogP contribution in [0.2, 0.25) is 19.1 Å². The molecule has 0 aromatic carbocycles. The molecule has 0 heterocycles. The van der Waals surface area contributed by atoms with Crippen LogP contribution in [0, 0.1) is 0 Å². The van der Waals surface area contributed by atoms with Crippen LogP contribution in [-0.2, 0) is 4.12 Å². The van der Waals surface area contributed by atoms with Gasteiger partial charge in [0.25, 0.3) is 0 Å². The molecule has 0 radical (unpaired) electrons. The first-order chi connectivity index (χ1) is 7.12. The van der Waals surface area contributed by atoms with Gasteiger partial charge in [-0.25, -0.2) is 0 Å². The third kappa shape index (κ3) is 10.4. The van der Waals surface area contributed by atoms with Crippen LogP contribution in [0.1, 0.15) is 44.9 Å². The molecular formula is C12H28OSi2. The average molecular weight is 245 g/mol. The minimum absolute atomic E-state index is 0.920. The summed E-state index contributed by atoms with van der Waals surface area (Å²) in [5.74, 6) is 0. The summed E-state index contributed by atoms with van der Waals surface area (Å²) >= 11 is 0. The van der Waals surface area contributed by atoms with Crippen molar-refractivity contribution in [2.24, 2.45) is 0 Å². The molecule has 0 rings (SSSR count). The maximum Gasteiger partial charge on any atom is 0.172 e. The van der Waals surface area contributed by atoms with Crippen molar-refractivity contribution < 1.29 is 4.12 Å². The van der Waals surface area contributed by atoms with Crippen molar-refractivity contribution in [2.75, 3.05) is 0 Å². The van der Waals surface area contributed by atoms with Crippen molar-refractivity contribution >= 4 is 18.8 Å². The van der Waals surface area contributed by atoms with Gasteiger partial charge in [0.05, 0.1) is 0 Å². The predicted octanol–water partition coefficient (Wildman–Crippen LogP) is 3.41. The van der Waals surface area contributed by atoms with E-state index >= 15 is 0 Å². The summed E-state index contributed by atoms with van der Waals surface area (Å²) in [4.78, 5) is 0. The normalized spacial score (nSPS) is 11.9. The first kappa shape index (κ1) is 15.1. The fraction of sp³-hybridized carbons (Fsp3) is 0.833. The first-order valence-electron chi connectivity index (χ1n) is 6.28. The zero-order valence-corrected chi connectivity index (χ0v) is 13.8. The molecule has 0 aromatic heterocycles. The van der Waals surface area contributed by atoms with Gasteiger partial charge in [-0.1, -0.05) is 38.2 Å². The highest BCUT2D eigenvalue weighted by atomic mass is 28.4. The Labute approximate surface area is 100.0 Å². The lowest BCUT2D eigenvalue weighted by molar-refractivity contribution is 0.575. The van der Waals surface area contributed by atoms with E-state index in [0.29, 0.717) is 0 Å². The summed E-state index contributed by atoms with van der Waals surface area (Å²) in [7, 11) is -0.290. The third-order valence-corrected chi connectivity index (χ3v) is 8.97. The highest BCUT2D eigenvalue weighted by molar-refractivity contribution is 6.73. The van der Waals surface area contributed by atoms with Crippen LogP contribution >= 0.6 is 0 Å². The van der Waals surface area contributed by atoms with E-state index in [1.807, 2.05) is 6.08 Å². The van der Waals surface area contributed by atoms with E-state index < -0.39 is 8.32 Å². The maximum absolute atomic E-state index is 5.66. The molecule has 0 amide bonds. The van der Waals surface area contributed by atoms with Gasteiger partial charge in [0.2, 0.25) is 0 Å². The molecule has 90 valence electrons. The van der Waals surface area contributed by atoms with Gasteiger partial charge in [0, 0.05) is 0 Å². The Kier molecular flexibility index (Phi) is 9.45. The van der Waals surface area contributed by atoms with E-state index in [-0.39, 0.29) is 0 Å². The fourth-order valence-electron chi connectivity index (χ4n) is 1.65. The van der Waals surface area contributed by atoms with Crippen LogP contribution in [0.5, 0.6) is 0 Å². The molecule has 0 N–H and O–H groups in total. The van der Waals surface area contributed by atoms with Crippen molar-refractivity contribution in [2.45, 2.75) is 64.1 Å². The number of allylic oxidation sites excluding steroid dienone is 1. The molecule has 0 fully saturated rings. The largest absolute Gasteiger partial charge is 0.463 e. The SMILES string of the molecule is C=CCCCCCCCC[Si](C)(C)O[SiH3]. The van der Waals surface area contributed by atoms with Gasteiger partial charge in [-0.15, -0.1) is 6.58 Å². The lowest BCUT2D eigenvalue weighted by Gasteiger charge is -2.20. The molecule has 0 atom stereocenters. The minimum atomic E-state index is -1.21. The lowest BCUT2D eigenvalue weighted by Crippen LogP contribution is -2.28. The zero-order chi connectivity index (χ0) is 11.6. The smallest absolute Gasteiger partial charge is 0.172 e. The second-order valence-electron chi connectivity index (χ2n) is 4.91. The molecule has 0 bridgehead atoms. The van der Waals surface area contributed by atoms with E-state index in [1.165, 1.54) is 51.0 Å². The van der Waals surface area contributed by atoms with Crippen molar-refractivity contribution in [3.05, 3.63) is 12.7 Å². The number of unbranched alkanes of at least 4 members (excludes halogenated alkanes) is 6. The Hall–Kier alpha value is 0.134. The standard InChI is InChI=1S/C12H28OSi2/c1-4-5-6-7-8-9-10-11-12-15(2,3)13-14/h4H,1,5-12H2,2-3,14H3. The fourth-order valence-corrected chi connectivity index (χ4v) is 3.57. The molecule has 0 aliphatic rings. The minimum Gasteiger partial charge on any atom is -0.463 e. The van der Waals surface area contributed by atoms with E-state index in [9.17, 15) is 0 Å². The van der Waals surface area contributed by atoms with Crippen molar-refractivity contribution in [3.63, 3.8) is 0 Å². The molecule has 3 heteroatoms. The Balaban J connectivity index is 3.14. The highest BCUT2D eigenvalue weighted by Crippen LogP contribution is 2.16. The second-order valence-corrected chi connectivity index (χ2v) is 10.6. The van der Waals surface area contributed by atoms with Crippen LogP contribution in [0.25, 0.3) is 0 Å². The van der Waals surface area contributed by atoms with Crippen LogP contribution in [0.4, 0.5) is 0 Å². The molecule has 0 spiro atoms. The van der Waals surface area contributed by atoms with Gasteiger partial charge in [0.1, 0.15) is 10.5 Å². The van der Waals surface area contributed by atoms with Gasteiger partial charge in [-0.2, -0.15) is 0 Å². The van der Waals surface area contributed by atoms with Crippen molar-refractivity contribution in [1.29, 1.82) is 0 Å². The molecule has 0 aliphatic heterocycles.